The van der Waals surface area contributed by atoms with Crippen LogP contribution in [0.3, 0.4) is 0 Å². The quantitative estimate of drug-likeness (QED) is 0.396. The molecule has 0 saturated carbocycles. The molecule has 0 aromatic heterocycles. The second kappa shape index (κ2) is 16.0. The first kappa shape index (κ1) is 22.5. The summed E-state index contributed by atoms with van der Waals surface area (Å²) in [5.74, 6) is 0. The zero-order valence-electron chi connectivity index (χ0n) is 3.38. The van der Waals surface area contributed by atoms with E-state index in [4.69, 9.17) is 10.0 Å². The Kier molecular flexibility index (Phi) is 44.9. The molecule has 0 rings (SSSR count). The Labute approximate surface area is 91.8 Å². The van der Waals surface area contributed by atoms with Crippen LogP contribution in [0.5, 0.6) is 0 Å². The first-order valence-electron chi connectivity index (χ1n) is 1.16. The molecule has 8 heavy (non-hydrogen) atoms. The van der Waals surface area contributed by atoms with E-state index >= 15 is 0 Å². The molecule has 0 saturated heterocycles. The van der Waals surface area contributed by atoms with Crippen LogP contribution in [-0.4, -0.2) is 88.4 Å². The van der Waals surface area contributed by atoms with Gasteiger partial charge in [0.15, 0.2) is 17.4 Å². The SMILES string of the molecule is O.OB(O)O[SiH3].[AlH3].[CaH2]. The van der Waals surface area contributed by atoms with Crippen LogP contribution in [0.15, 0.2) is 0 Å². The Morgan fingerprint density at radius 3 is 1.50 bits per heavy atom. The van der Waals surface area contributed by atoms with Crippen molar-refractivity contribution < 1.29 is 19.9 Å². The van der Waals surface area contributed by atoms with Crippen molar-refractivity contribution in [1.29, 1.82) is 0 Å². The maximum absolute atomic E-state index is 7.73. The van der Waals surface area contributed by atoms with Crippen molar-refractivity contribution in [1.82, 2.24) is 0 Å². The molecule has 4 N–H and O–H groups in total. The zero-order chi connectivity index (χ0) is 4.28. The Hall–Kier alpha value is 1.91. The Balaban J connectivity index is -0.0000000267. The molecule has 0 atom stereocenters. The fourth-order valence-corrected chi connectivity index (χ4v) is 0. The second-order valence-corrected chi connectivity index (χ2v) is 1.03. The predicted octanol–water partition coefficient (Wildman–Crippen LogP) is -5.67. The van der Waals surface area contributed by atoms with Crippen LogP contribution in [0, 0.1) is 0 Å². The molecule has 0 bridgehead atoms. The molecule has 0 aromatic carbocycles. The van der Waals surface area contributed by atoms with E-state index in [-0.39, 0.29) is 60.6 Å². The van der Waals surface area contributed by atoms with Gasteiger partial charge in [-0.25, -0.2) is 0 Å². The Morgan fingerprint density at radius 1 is 1.38 bits per heavy atom. The van der Waals surface area contributed by atoms with Gasteiger partial charge in [0, 0.05) is 0 Å². The summed E-state index contributed by atoms with van der Waals surface area (Å²) in [6.07, 6.45) is 0. The molecule has 0 amide bonds. The van der Waals surface area contributed by atoms with E-state index in [0.29, 0.717) is 10.5 Å². The molecule has 0 aromatic rings. The Morgan fingerprint density at radius 2 is 1.50 bits per heavy atom. The summed E-state index contributed by atoms with van der Waals surface area (Å²) in [7, 11) is -1.18. The standard InChI is InChI=1S/Al.BH5O3Si.Ca.H2O.5H/c;2-1(3)4-5;;;;;;;/h;2-3H,5H3;;1H2;;;;;. The van der Waals surface area contributed by atoms with Crippen molar-refractivity contribution >= 4 is 72.9 Å². The van der Waals surface area contributed by atoms with Crippen LogP contribution in [0.1, 0.15) is 0 Å². The van der Waals surface area contributed by atoms with Gasteiger partial charge < -0.3 is 19.9 Å². The fourth-order valence-electron chi connectivity index (χ4n) is 0. The van der Waals surface area contributed by atoms with E-state index < -0.39 is 7.32 Å². The molecular formula is H12AlBCaO4Si. The van der Waals surface area contributed by atoms with E-state index in [1.807, 2.05) is 0 Å². The summed E-state index contributed by atoms with van der Waals surface area (Å²) in [5.41, 5.74) is 0. The number of rotatable bonds is 1. The molecule has 0 fully saturated rings. The third-order valence-electron chi connectivity index (χ3n) is 0.211. The van der Waals surface area contributed by atoms with Crippen molar-refractivity contribution in [2.24, 2.45) is 0 Å². The van der Waals surface area contributed by atoms with Crippen molar-refractivity contribution in [3.8, 4) is 0 Å². The van der Waals surface area contributed by atoms with E-state index in [0.717, 1.165) is 0 Å². The summed E-state index contributed by atoms with van der Waals surface area (Å²) in [5, 5.41) is 15.5. The predicted molar refractivity (Wildman–Crippen MR) is 43.3 cm³/mol. The number of hydrogen-bond donors (Lipinski definition) is 2. The van der Waals surface area contributed by atoms with Gasteiger partial charge in [0.05, 0.1) is 0 Å². The minimum absolute atomic E-state index is 0. The summed E-state index contributed by atoms with van der Waals surface area (Å²) < 4.78 is 4.00. The average Bonchev–Trinajstić information content (AvgIpc) is 1.38. The van der Waals surface area contributed by atoms with Crippen LogP contribution < -0.4 is 0 Å². The van der Waals surface area contributed by atoms with Gasteiger partial charge in [-0.05, 0) is 0 Å². The summed E-state index contributed by atoms with van der Waals surface area (Å²) in [4.78, 5) is 0. The first-order chi connectivity index (χ1) is 2.27. The van der Waals surface area contributed by atoms with E-state index in [2.05, 4.69) is 4.34 Å². The van der Waals surface area contributed by atoms with Crippen LogP contribution in [0.2, 0.25) is 0 Å². The normalized spacial score (nSPS) is 5.25. The third-order valence-corrected chi connectivity index (χ3v) is 0.632. The molecule has 0 radical (unpaired) electrons. The average molecular weight is 182 g/mol. The zero-order valence-corrected chi connectivity index (χ0v) is 5.38. The first-order valence-corrected chi connectivity index (χ1v) is 1.98. The fraction of sp³-hybridized carbons (Fsp3) is 0. The summed E-state index contributed by atoms with van der Waals surface area (Å²) >= 11 is 0. The van der Waals surface area contributed by atoms with Crippen molar-refractivity contribution in [2.75, 3.05) is 0 Å². The number of hydrogen-bond acceptors (Lipinski definition) is 3. The second-order valence-electron chi connectivity index (χ2n) is 0.562. The monoisotopic (exact) mass is 182 g/mol. The molecule has 0 heterocycles. The van der Waals surface area contributed by atoms with Crippen LogP contribution in [0.25, 0.3) is 0 Å². The molecule has 0 spiro atoms. The molecule has 0 aliphatic rings. The van der Waals surface area contributed by atoms with Gasteiger partial charge in [0.1, 0.15) is 10.5 Å². The minimum atomic E-state index is -1.55. The molecule has 4 nitrogen and oxygen atoms in total. The maximum atomic E-state index is 7.73. The van der Waals surface area contributed by atoms with Gasteiger partial charge in [-0.1, -0.05) is 0 Å². The van der Waals surface area contributed by atoms with Crippen molar-refractivity contribution in [3.63, 3.8) is 0 Å². The molecular weight excluding hydrogens is 170 g/mol. The van der Waals surface area contributed by atoms with Gasteiger partial charge in [0.25, 0.3) is 0 Å². The van der Waals surface area contributed by atoms with Crippen LogP contribution >= 0.6 is 0 Å². The topological polar surface area (TPSA) is 81.2 Å². The summed E-state index contributed by atoms with van der Waals surface area (Å²) in [6, 6.07) is 0. The molecule has 0 unspecified atom stereocenters. The summed E-state index contributed by atoms with van der Waals surface area (Å²) in [6.45, 7) is 0. The molecule has 48 valence electrons. The van der Waals surface area contributed by atoms with E-state index in [1.54, 1.807) is 0 Å². The van der Waals surface area contributed by atoms with Crippen molar-refractivity contribution in [2.45, 2.75) is 0 Å². The Bertz CT molecular complexity index is 30.0. The third kappa shape index (κ3) is 24.7. The molecule has 8 heteroatoms. The van der Waals surface area contributed by atoms with Gasteiger partial charge in [-0.2, -0.15) is 0 Å². The van der Waals surface area contributed by atoms with Gasteiger partial charge in [-0.15, -0.1) is 0 Å². The van der Waals surface area contributed by atoms with Crippen molar-refractivity contribution in [3.05, 3.63) is 0 Å². The molecule has 0 aliphatic heterocycles. The van der Waals surface area contributed by atoms with Crippen LogP contribution in [-0.2, 0) is 4.34 Å². The van der Waals surface area contributed by atoms with Gasteiger partial charge in [0.2, 0.25) is 0 Å². The van der Waals surface area contributed by atoms with Gasteiger partial charge in [-0.3, -0.25) is 0 Å². The van der Waals surface area contributed by atoms with E-state index in [1.165, 1.54) is 0 Å². The van der Waals surface area contributed by atoms with E-state index in [9.17, 15) is 0 Å². The van der Waals surface area contributed by atoms with Gasteiger partial charge >= 0.3 is 45.1 Å². The van der Waals surface area contributed by atoms with Crippen LogP contribution in [0.4, 0.5) is 0 Å². The molecule has 0 aliphatic carbocycles.